The molecule has 0 spiro atoms. The van der Waals surface area contributed by atoms with E-state index in [2.05, 4.69) is 15.4 Å². The smallest absolute Gasteiger partial charge is 0.258 e. The molecule has 0 aliphatic rings. The van der Waals surface area contributed by atoms with Gasteiger partial charge in [0, 0.05) is 18.5 Å². The Morgan fingerprint density at radius 2 is 1.83 bits per heavy atom. The summed E-state index contributed by atoms with van der Waals surface area (Å²) in [6, 6.07) is 5.60. The molecule has 0 aliphatic carbocycles. The quantitative estimate of drug-likeness (QED) is 0.823. The van der Waals surface area contributed by atoms with Crippen LogP contribution >= 0.6 is 0 Å². The number of hydrogen-bond donors (Lipinski definition) is 2. The summed E-state index contributed by atoms with van der Waals surface area (Å²) in [6.45, 7) is 1.38. The number of anilines is 2. The molecule has 0 fully saturated rings. The van der Waals surface area contributed by atoms with Gasteiger partial charge in [-0.3, -0.25) is 4.79 Å². The molecular weight excluding hydrogens is 242 g/mol. The van der Waals surface area contributed by atoms with E-state index in [1.807, 2.05) is 0 Å². The molecule has 0 radical (unpaired) electrons. The highest BCUT2D eigenvalue weighted by Gasteiger charge is 2.13. The van der Waals surface area contributed by atoms with Crippen LogP contribution in [0.1, 0.15) is 6.92 Å². The maximum absolute atomic E-state index is 12.3. The standard InChI is InChI=1S/C12H16F2N2O2/c1-8(12(13)14)15-9-3-5-10(6-4-9)16-11(17)7-18-2/h3-6,8,12,15H,7H2,1-2H3,(H,16,17). The summed E-state index contributed by atoms with van der Waals surface area (Å²) in [6.07, 6.45) is -2.42. The van der Waals surface area contributed by atoms with Gasteiger partial charge in [-0.05, 0) is 31.2 Å². The van der Waals surface area contributed by atoms with Gasteiger partial charge in [0.2, 0.25) is 5.91 Å². The van der Waals surface area contributed by atoms with Gasteiger partial charge in [-0.15, -0.1) is 0 Å². The zero-order chi connectivity index (χ0) is 13.5. The average Bonchev–Trinajstić information content (AvgIpc) is 2.31. The van der Waals surface area contributed by atoms with E-state index < -0.39 is 12.5 Å². The minimum Gasteiger partial charge on any atom is -0.377 e. The Kier molecular flexibility index (Phi) is 5.51. The minimum absolute atomic E-state index is 0.0254. The van der Waals surface area contributed by atoms with Crippen molar-refractivity contribution in [2.75, 3.05) is 24.4 Å². The monoisotopic (exact) mass is 258 g/mol. The van der Waals surface area contributed by atoms with E-state index >= 15 is 0 Å². The van der Waals surface area contributed by atoms with Crippen LogP contribution in [0.3, 0.4) is 0 Å². The topological polar surface area (TPSA) is 50.4 Å². The summed E-state index contributed by atoms with van der Waals surface area (Å²) in [5.41, 5.74) is 1.17. The zero-order valence-electron chi connectivity index (χ0n) is 10.2. The van der Waals surface area contributed by atoms with Gasteiger partial charge in [0.1, 0.15) is 6.61 Å². The molecule has 1 aromatic rings. The molecule has 0 aromatic heterocycles. The van der Waals surface area contributed by atoms with Crippen LogP contribution in [0.5, 0.6) is 0 Å². The molecule has 1 atom stereocenters. The number of carbonyl (C=O) groups is 1. The predicted molar refractivity (Wildman–Crippen MR) is 66.0 cm³/mol. The molecule has 0 saturated carbocycles. The lowest BCUT2D eigenvalue weighted by molar-refractivity contribution is -0.119. The molecule has 0 heterocycles. The fourth-order valence-corrected chi connectivity index (χ4v) is 1.30. The second-order valence-corrected chi connectivity index (χ2v) is 3.83. The number of benzene rings is 1. The summed E-state index contributed by atoms with van der Waals surface area (Å²) in [5, 5.41) is 5.27. The van der Waals surface area contributed by atoms with Crippen LogP contribution in [-0.2, 0) is 9.53 Å². The van der Waals surface area contributed by atoms with Crippen molar-refractivity contribution in [1.82, 2.24) is 0 Å². The van der Waals surface area contributed by atoms with Gasteiger partial charge in [0.25, 0.3) is 6.43 Å². The number of carbonyl (C=O) groups excluding carboxylic acids is 1. The number of amides is 1. The van der Waals surface area contributed by atoms with Crippen LogP contribution in [0.4, 0.5) is 20.2 Å². The van der Waals surface area contributed by atoms with E-state index in [4.69, 9.17) is 0 Å². The van der Waals surface area contributed by atoms with Gasteiger partial charge in [0.15, 0.2) is 0 Å². The molecule has 6 heteroatoms. The van der Waals surface area contributed by atoms with Crippen LogP contribution in [0.25, 0.3) is 0 Å². The summed E-state index contributed by atoms with van der Waals surface area (Å²) in [5.74, 6) is -0.265. The molecule has 1 amide bonds. The van der Waals surface area contributed by atoms with Gasteiger partial charge in [-0.25, -0.2) is 8.78 Å². The van der Waals surface area contributed by atoms with E-state index in [1.54, 1.807) is 24.3 Å². The van der Waals surface area contributed by atoms with Crippen molar-refractivity contribution in [2.45, 2.75) is 19.4 Å². The maximum Gasteiger partial charge on any atom is 0.258 e. The first-order valence-corrected chi connectivity index (χ1v) is 5.46. The molecule has 1 aromatic carbocycles. The number of hydrogen-bond acceptors (Lipinski definition) is 3. The third-order valence-corrected chi connectivity index (χ3v) is 2.22. The Morgan fingerprint density at radius 3 is 2.33 bits per heavy atom. The molecule has 18 heavy (non-hydrogen) atoms. The van der Waals surface area contributed by atoms with Gasteiger partial charge >= 0.3 is 0 Å². The van der Waals surface area contributed by atoms with Gasteiger partial charge < -0.3 is 15.4 Å². The van der Waals surface area contributed by atoms with E-state index in [0.717, 1.165) is 0 Å². The number of nitrogens with one attached hydrogen (secondary N) is 2. The summed E-state index contributed by atoms with van der Waals surface area (Å²) in [7, 11) is 1.43. The third-order valence-electron chi connectivity index (χ3n) is 2.22. The molecule has 4 nitrogen and oxygen atoms in total. The number of methoxy groups -OCH3 is 1. The Bertz CT molecular complexity index is 382. The summed E-state index contributed by atoms with van der Waals surface area (Å²) < 4.78 is 29.3. The van der Waals surface area contributed by atoms with E-state index in [-0.39, 0.29) is 12.5 Å². The average molecular weight is 258 g/mol. The Balaban J connectivity index is 2.54. The van der Waals surface area contributed by atoms with Crippen molar-refractivity contribution in [3.05, 3.63) is 24.3 Å². The lowest BCUT2D eigenvalue weighted by Crippen LogP contribution is -2.23. The fraction of sp³-hybridized carbons (Fsp3) is 0.417. The van der Waals surface area contributed by atoms with Crippen molar-refractivity contribution in [1.29, 1.82) is 0 Å². The van der Waals surface area contributed by atoms with Crippen LogP contribution in [0.2, 0.25) is 0 Å². The first-order chi connectivity index (χ1) is 8.52. The minimum atomic E-state index is -2.42. The van der Waals surface area contributed by atoms with Crippen molar-refractivity contribution in [3.63, 3.8) is 0 Å². The van der Waals surface area contributed by atoms with E-state index in [9.17, 15) is 13.6 Å². The largest absolute Gasteiger partial charge is 0.377 e. The first kappa shape index (κ1) is 14.4. The Labute approximate surface area is 104 Å². The molecular formula is C12H16F2N2O2. The van der Waals surface area contributed by atoms with E-state index in [0.29, 0.717) is 11.4 Å². The van der Waals surface area contributed by atoms with Crippen molar-refractivity contribution in [2.24, 2.45) is 0 Å². The molecule has 1 unspecified atom stereocenters. The lowest BCUT2D eigenvalue weighted by Gasteiger charge is -2.14. The fourth-order valence-electron chi connectivity index (χ4n) is 1.30. The normalized spacial score (nSPS) is 12.3. The van der Waals surface area contributed by atoms with Crippen molar-refractivity contribution in [3.8, 4) is 0 Å². The SMILES string of the molecule is COCC(=O)Nc1ccc(NC(C)C(F)F)cc1. The highest BCUT2D eigenvalue weighted by Crippen LogP contribution is 2.16. The van der Waals surface area contributed by atoms with Gasteiger partial charge in [0.05, 0.1) is 6.04 Å². The predicted octanol–water partition coefficient (Wildman–Crippen LogP) is 2.34. The van der Waals surface area contributed by atoms with Crippen LogP contribution in [0.15, 0.2) is 24.3 Å². The Morgan fingerprint density at radius 1 is 1.28 bits per heavy atom. The van der Waals surface area contributed by atoms with Crippen molar-refractivity contribution >= 4 is 17.3 Å². The van der Waals surface area contributed by atoms with Crippen molar-refractivity contribution < 1.29 is 18.3 Å². The third kappa shape index (κ3) is 4.67. The highest BCUT2D eigenvalue weighted by atomic mass is 19.3. The van der Waals surface area contributed by atoms with Crippen LogP contribution < -0.4 is 10.6 Å². The molecule has 0 bridgehead atoms. The first-order valence-electron chi connectivity index (χ1n) is 5.46. The summed E-state index contributed by atoms with van der Waals surface area (Å²) in [4.78, 5) is 11.2. The summed E-state index contributed by atoms with van der Waals surface area (Å²) >= 11 is 0. The second-order valence-electron chi connectivity index (χ2n) is 3.83. The number of alkyl halides is 2. The van der Waals surface area contributed by atoms with Crippen LogP contribution in [0, 0.1) is 0 Å². The maximum atomic E-state index is 12.3. The molecule has 0 saturated heterocycles. The number of rotatable bonds is 6. The number of ether oxygens (including phenoxy) is 1. The lowest BCUT2D eigenvalue weighted by atomic mass is 10.2. The van der Waals surface area contributed by atoms with Gasteiger partial charge in [-0.2, -0.15) is 0 Å². The number of halogens is 2. The highest BCUT2D eigenvalue weighted by molar-refractivity contribution is 5.91. The van der Waals surface area contributed by atoms with Gasteiger partial charge in [-0.1, -0.05) is 0 Å². The molecule has 1 rings (SSSR count). The zero-order valence-corrected chi connectivity index (χ0v) is 10.2. The Hall–Kier alpha value is -1.69. The second kappa shape index (κ2) is 6.90. The van der Waals surface area contributed by atoms with E-state index in [1.165, 1.54) is 14.0 Å². The van der Waals surface area contributed by atoms with Crippen LogP contribution in [-0.4, -0.2) is 32.1 Å². The molecule has 100 valence electrons. The molecule has 2 N–H and O–H groups in total. The molecule has 0 aliphatic heterocycles.